The smallest absolute Gasteiger partial charge is 0.208 e. The van der Waals surface area contributed by atoms with Gasteiger partial charge >= 0.3 is 0 Å². The molecular weight excluding hydrogens is 188 g/mol. The van der Waals surface area contributed by atoms with Gasteiger partial charge in [-0.1, -0.05) is 12.8 Å². The van der Waals surface area contributed by atoms with E-state index in [-0.39, 0.29) is 0 Å². The van der Waals surface area contributed by atoms with Gasteiger partial charge in [0.05, 0.1) is 6.04 Å². The summed E-state index contributed by atoms with van der Waals surface area (Å²) in [5, 5.41) is 0. The highest BCUT2D eigenvalue weighted by molar-refractivity contribution is 5.79. The van der Waals surface area contributed by atoms with Crippen LogP contribution in [0.3, 0.4) is 0 Å². The molecule has 0 spiro atoms. The van der Waals surface area contributed by atoms with Crippen molar-refractivity contribution < 1.29 is 0 Å². The van der Waals surface area contributed by atoms with Crippen molar-refractivity contribution in [3.8, 4) is 0 Å². The van der Waals surface area contributed by atoms with Crippen molar-refractivity contribution in [3.63, 3.8) is 0 Å². The molecule has 86 valence electrons. The molecule has 2 rings (SSSR count). The van der Waals surface area contributed by atoms with Crippen molar-refractivity contribution in [3.05, 3.63) is 0 Å². The van der Waals surface area contributed by atoms with Crippen LogP contribution in [0.1, 0.15) is 44.9 Å². The number of likely N-dealkylation sites (tertiary alicyclic amines) is 1. The standard InChI is InChI=1S/C11H22N4/c12-14-11(13-10-6-2-3-7-10)15-8-4-1-5-9-15/h10H,1-9,12H2,(H,13,14). The van der Waals surface area contributed by atoms with Crippen LogP contribution >= 0.6 is 0 Å². The third-order valence-electron chi connectivity index (χ3n) is 3.41. The summed E-state index contributed by atoms with van der Waals surface area (Å²) in [5.41, 5.74) is 2.77. The predicted molar refractivity (Wildman–Crippen MR) is 62.4 cm³/mol. The molecule has 4 nitrogen and oxygen atoms in total. The molecule has 1 aliphatic carbocycles. The van der Waals surface area contributed by atoms with Crippen molar-refractivity contribution in [2.75, 3.05) is 13.1 Å². The minimum absolute atomic E-state index is 0.512. The van der Waals surface area contributed by atoms with E-state index in [1.165, 1.54) is 44.9 Å². The second-order valence-corrected chi connectivity index (χ2v) is 4.58. The summed E-state index contributed by atoms with van der Waals surface area (Å²) >= 11 is 0. The van der Waals surface area contributed by atoms with E-state index < -0.39 is 0 Å². The maximum Gasteiger partial charge on any atom is 0.208 e. The number of piperidine rings is 1. The zero-order valence-corrected chi connectivity index (χ0v) is 9.41. The van der Waals surface area contributed by atoms with E-state index >= 15 is 0 Å². The van der Waals surface area contributed by atoms with Gasteiger partial charge in [-0.15, -0.1) is 0 Å². The van der Waals surface area contributed by atoms with Gasteiger partial charge in [-0.3, -0.25) is 5.43 Å². The van der Waals surface area contributed by atoms with E-state index in [2.05, 4.69) is 10.3 Å². The van der Waals surface area contributed by atoms with Crippen molar-refractivity contribution >= 4 is 5.96 Å². The van der Waals surface area contributed by atoms with E-state index in [0.717, 1.165) is 19.0 Å². The SMILES string of the molecule is NNC(=NC1CCCC1)N1CCCCC1. The lowest BCUT2D eigenvalue weighted by molar-refractivity contribution is 0.330. The number of hydrogen-bond acceptors (Lipinski definition) is 2. The highest BCUT2D eigenvalue weighted by Gasteiger charge is 2.18. The van der Waals surface area contributed by atoms with Crippen molar-refractivity contribution in [1.29, 1.82) is 0 Å². The largest absolute Gasteiger partial charge is 0.342 e. The van der Waals surface area contributed by atoms with Gasteiger partial charge in [-0.05, 0) is 32.1 Å². The Morgan fingerprint density at radius 1 is 1.07 bits per heavy atom. The van der Waals surface area contributed by atoms with E-state index in [0.29, 0.717) is 6.04 Å². The fourth-order valence-corrected chi connectivity index (χ4v) is 2.52. The average Bonchev–Trinajstić information content (AvgIpc) is 2.80. The van der Waals surface area contributed by atoms with Gasteiger partial charge < -0.3 is 4.90 Å². The Morgan fingerprint density at radius 3 is 2.33 bits per heavy atom. The van der Waals surface area contributed by atoms with Gasteiger partial charge in [-0.2, -0.15) is 0 Å². The number of guanidine groups is 1. The van der Waals surface area contributed by atoms with Crippen LogP contribution in [0, 0.1) is 0 Å². The Morgan fingerprint density at radius 2 is 1.73 bits per heavy atom. The highest BCUT2D eigenvalue weighted by Crippen LogP contribution is 2.21. The molecule has 0 bridgehead atoms. The molecular formula is C11H22N4. The molecule has 3 N–H and O–H groups in total. The summed E-state index contributed by atoms with van der Waals surface area (Å²) in [7, 11) is 0. The number of nitrogens with zero attached hydrogens (tertiary/aromatic N) is 2. The molecule has 0 aromatic heterocycles. The van der Waals surface area contributed by atoms with Gasteiger partial charge in [0, 0.05) is 13.1 Å². The summed E-state index contributed by atoms with van der Waals surface area (Å²) in [6, 6.07) is 0.512. The number of rotatable bonds is 1. The molecule has 0 aromatic rings. The monoisotopic (exact) mass is 210 g/mol. The third-order valence-corrected chi connectivity index (χ3v) is 3.41. The average molecular weight is 210 g/mol. The number of nitrogens with one attached hydrogen (secondary N) is 1. The Hall–Kier alpha value is -0.770. The first-order valence-corrected chi connectivity index (χ1v) is 6.19. The van der Waals surface area contributed by atoms with Crippen molar-refractivity contribution in [2.45, 2.75) is 51.0 Å². The summed E-state index contributed by atoms with van der Waals surface area (Å²) < 4.78 is 0. The first-order valence-electron chi connectivity index (χ1n) is 6.19. The molecule has 0 atom stereocenters. The fraction of sp³-hybridized carbons (Fsp3) is 0.909. The van der Waals surface area contributed by atoms with Gasteiger partial charge in [0.1, 0.15) is 0 Å². The summed E-state index contributed by atoms with van der Waals surface area (Å²) in [6.45, 7) is 2.21. The normalized spacial score (nSPS) is 24.6. The van der Waals surface area contributed by atoms with E-state index in [4.69, 9.17) is 10.8 Å². The maximum absolute atomic E-state index is 5.56. The first-order chi connectivity index (χ1) is 7.40. The maximum atomic E-state index is 5.56. The molecule has 15 heavy (non-hydrogen) atoms. The van der Waals surface area contributed by atoms with E-state index in [1.54, 1.807) is 0 Å². The molecule has 2 aliphatic rings. The Kier molecular flexibility index (Phi) is 3.83. The molecule has 4 heteroatoms. The van der Waals surface area contributed by atoms with Crippen LogP contribution in [0.25, 0.3) is 0 Å². The van der Waals surface area contributed by atoms with E-state index in [1.807, 2.05) is 0 Å². The topological polar surface area (TPSA) is 53.6 Å². The molecule has 0 unspecified atom stereocenters. The second kappa shape index (κ2) is 5.35. The van der Waals surface area contributed by atoms with Gasteiger partial charge in [-0.25, -0.2) is 10.8 Å². The number of hydrogen-bond donors (Lipinski definition) is 2. The zero-order valence-electron chi connectivity index (χ0n) is 9.41. The molecule has 0 radical (unpaired) electrons. The van der Waals surface area contributed by atoms with Crippen LogP contribution in [0.4, 0.5) is 0 Å². The molecule has 1 saturated heterocycles. The summed E-state index contributed by atoms with van der Waals surface area (Å²) in [4.78, 5) is 7.02. The molecule has 0 aromatic carbocycles. The number of nitrogens with two attached hydrogens (primary N) is 1. The van der Waals surface area contributed by atoms with Crippen molar-refractivity contribution in [1.82, 2.24) is 10.3 Å². The lowest BCUT2D eigenvalue weighted by atomic mass is 10.1. The quantitative estimate of drug-likeness (QED) is 0.296. The number of aliphatic imine (C=N–C) groups is 1. The number of hydrazine groups is 1. The minimum Gasteiger partial charge on any atom is -0.342 e. The molecule has 1 aliphatic heterocycles. The van der Waals surface area contributed by atoms with Gasteiger partial charge in [0.25, 0.3) is 0 Å². The van der Waals surface area contributed by atoms with Gasteiger partial charge in [0.2, 0.25) is 5.96 Å². The Balaban J connectivity index is 1.94. The molecule has 2 fully saturated rings. The van der Waals surface area contributed by atoms with Gasteiger partial charge in [0.15, 0.2) is 0 Å². The Bertz CT molecular complexity index is 215. The lowest BCUT2D eigenvalue weighted by Gasteiger charge is -2.29. The Labute approximate surface area is 91.9 Å². The van der Waals surface area contributed by atoms with Crippen LogP contribution in [0.15, 0.2) is 4.99 Å². The van der Waals surface area contributed by atoms with Crippen LogP contribution in [-0.4, -0.2) is 30.0 Å². The van der Waals surface area contributed by atoms with Crippen LogP contribution < -0.4 is 11.3 Å². The van der Waals surface area contributed by atoms with E-state index in [9.17, 15) is 0 Å². The van der Waals surface area contributed by atoms with Crippen LogP contribution in [-0.2, 0) is 0 Å². The van der Waals surface area contributed by atoms with Crippen LogP contribution in [0.2, 0.25) is 0 Å². The first kappa shape index (κ1) is 10.7. The zero-order chi connectivity index (χ0) is 10.5. The molecule has 0 amide bonds. The van der Waals surface area contributed by atoms with Crippen molar-refractivity contribution in [2.24, 2.45) is 10.8 Å². The molecule has 1 saturated carbocycles. The second-order valence-electron chi connectivity index (χ2n) is 4.58. The molecule has 1 heterocycles. The summed E-state index contributed by atoms with van der Waals surface area (Å²) in [6.07, 6.45) is 9.00. The lowest BCUT2D eigenvalue weighted by Crippen LogP contribution is -2.47. The predicted octanol–water partition coefficient (Wildman–Crippen LogP) is 1.23. The minimum atomic E-state index is 0.512. The summed E-state index contributed by atoms with van der Waals surface area (Å²) in [5.74, 6) is 6.48. The van der Waals surface area contributed by atoms with Crippen LogP contribution in [0.5, 0.6) is 0 Å². The highest BCUT2D eigenvalue weighted by atomic mass is 15.4. The third kappa shape index (κ3) is 2.84. The fourth-order valence-electron chi connectivity index (χ4n) is 2.52.